The molecule has 2 atom stereocenters. The number of aromatic amines is 1. The molecule has 0 spiro atoms. The normalized spacial score (nSPS) is 28.0. The predicted molar refractivity (Wildman–Crippen MR) is 72.3 cm³/mol. The summed E-state index contributed by atoms with van der Waals surface area (Å²) >= 11 is 0. The first-order valence-electron chi connectivity index (χ1n) is 6.40. The van der Waals surface area contributed by atoms with Crippen LogP contribution in [0.4, 0.5) is 11.5 Å². The molecule has 1 aromatic heterocycles. The number of aromatic nitrogens is 2. The van der Waals surface area contributed by atoms with E-state index in [0.29, 0.717) is 18.3 Å². The minimum Gasteiger partial charge on any atom is -0.391 e. The standard InChI is InChI=1S/C12H21N5O/c1-8-4-2-3-5-12(8,6-13)17-10-9(14)11(18)16-7-15-10/h7-8H,2-6,13-14H2,1H3,(H2,15,16,17,18). The molecule has 0 bridgehead atoms. The average molecular weight is 251 g/mol. The van der Waals surface area contributed by atoms with E-state index in [0.717, 1.165) is 19.3 Å². The van der Waals surface area contributed by atoms with Crippen molar-refractivity contribution >= 4 is 11.5 Å². The third kappa shape index (κ3) is 2.20. The second-order valence-electron chi connectivity index (χ2n) is 5.13. The number of nitrogens with one attached hydrogen (secondary N) is 2. The van der Waals surface area contributed by atoms with Crippen molar-refractivity contribution in [3.8, 4) is 0 Å². The number of rotatable bonds is 3. The molecule has 1 saturated carbocycles. The van der Waals surface area contributed by atoms with Gasteiger partial charge >= 0.3 is 0 Å². The second-order valence-corrected chi connectivity index (χ2v) is 5.13. The van der Waals surface area contributed by atoms with Gasteiger partial charge in [-0.1, -0.05) is 19.8 Å². The van der Waals surface area contributed by atoms with E-state index in [9.17, 15) is 4.79 Å². The lowest BCUT2D eigenvalue weighted by Crippen LogP contribution is -2.52. The molecule has 0 radical (unpaired) electrons. The Morgan fingerprint density at radius 3 is 3.06 bits per heavy atom. The van der Waals surface area contributed by atoms with Gasteiger partial charge in [0.1, 0.15) is 5.69 Å². The molecule has 0 aliphatic heterocycles. The van der Waals surface area contributed by atoms with Gasteiger partial charge in [-0.15, -0.1) is 0 Å². The van der Waals surface area contributed by atoms with Crippen molar-refractivity contribution in [1.82, 2.24) is 9.97 Å². The zero-order chi connectivity index (χ0) is 13.2. The summed E-state index contributed by atoms with van der Waals surface area (Å²) in [6.45, 7) is 2.70. The first-order chi connectivity index (χ1) is 8.59. The Morgan fingerprint density at radius 1 is 1.61 bits per heavy atom. The van der Waals surface area contributed by atoms with E-state index in [1.807, 2.05) is 0 Å². The molecule has 0 aromatic carbocycles. The number of nitrogens with two attached hydrogens (primary N) is 2. The van der Waals surface area contributed by atoms with E-state index < -0.39 is 0 Å². The summed E-state index contributed by atoms with van der Waals surface area (Å²) in [6.07, 6.45) is 5.84. The van der Waals surface area contributed by atoms with Gasteiger partial charge in [0.25, 0.3) is 5.56 Å². The molecule has 1 fully saturated rings. The Hall–Kier alpha value is -1.56. The van der Waals surface area contributed by atoms with E-state index in [2.05, 4.69) is 22.2 Å². The zero-order valence-electron chi connectivity index (χ0n) is 10.7. The fourth-order valence-corrected chi connectivity index (χ4v) is 2.70. The van der Waals surface area contributed by atoms with Crippen molar-refractivity contribution in [2.24, 2.45) is 11.7 Å². The lowest BCUT2D eigenvalue weighted by atomic mass is 9.73. The smallest absolute Gasteiger partial charge is 0.276 e. The molecule has 1 aliphatic rings. The van der Waals surface area contributed by atoms with Gasteiger partial charge in [0, 0.05) is 6.54 Å². The maximum atomic E-state index is 11.5. The highest BCUT2D eigenvalue weighted by Crippen LogP contribution is 2.35. The first-order valence-corrected chi connectivity index (χ1v) is 6.40. The van der Waals surface area contributed by atoms with Gasteiger partial charge in [0.15, 0.2) is 5.82 Å². The molecule has 2 unspecified atom stereocenters. The number of anilines is 2. The largest absolute Gasteiger partial charge is 0.391 e. The Labute approximate surface area is 106 Å². The number of nitrogen functional groups attached to an aromatic ring is 1. The summed E-state index contributed by atoms with van der Waals surface area (Å²) in [5.74, 6) is 0.884. The van der Waals surface area contributed by atoms with Crippen molar-refractivity contribution in [3.05, 3.63) is 16.7 Å². The van der Waals surface area contributed by atoms with Gasteiger partial charge in [0.05, 0.1) is 11.9 Å². The second kappa shape index (κ2) is 4.97. The number of nitrogens with zero attached hydrogens (tertiary/aromatic N) is 1. The van der Waals surface area contributed by atoms with Crippen LogP contribution in [0.25, 0.3) is 0 Å². The molecule has 0 amide bonds. The van der Waals surface area contributed by atoms with Crippen LogP contribution < -0.4 is 22.3 Å². The molecule has 6 N–H and O–H groups in total. The van der Waals surface area contributed by atoms with Crippen LogP contribution >= 0.6 is 0 Å². The minimum atomic E-state index is -0.317. The molecule has 6 nitrogen and oxygen atoms in total. The van der Waals surface area contributed by atoms with Gasteiger partial charge in [-0.25, -0.2) is 4.98 Å². The van der Waals surface area contributed by atoms with Crippen LogP contribution in [0, 0.1) is 5.92 Å². The van der Waals surface area contributed by atoms with Crippen molar-refractivity contribution in [2.45, 2.75) is 38.1 Å². The van der Waals surface area contributed by atoms with E-state index in [4.69, 9.17) is 11.5 Å². The average Bonchev–Trinajstić information content (AvgIpc) is 2.38. The lowest BCUT2D eigenvalue weighted by Gasteiger charge is -2.43. The van der Waals surface area contributed by atoms with E-state index >= 15 is 0 Å². The SMILES string of the molecule is CC1CCCCC1(CN)Nc1nc[nH]c(=O)c1N. The number of hydrogen-bond donors (Lipinski definition) is 4. The van der Waals surface area contributed by atoms with Crippen LogP contribution in [0.3, 0.4) is 0 Å². The highest BCUT2D eigenvalue weighted by Gasteiger charge is 2.37. The van der Waals surface area contributed by atoms with Crippen LogP contribution in [-0.2, 0) is 0 Å². The fourth-order valence-electron chi connectivity index (χ4n) is 2.70. The topological polar surface area (TPSA) is 110 Å². The van der Waals surface area contributed by atoms with Gasteiger partial charge in [-0.3, -0.25) is 4.79 Å². The van der Waals surface area contributed by atoms with Crippen molar-refractivity contribution in [3.63, 3.8) is 0 Å². The number of hydrogen-bond acceptors (Lipinski definition) is 5. The summed E-state index contributed by atoms with van der Waals surface area (Å²) in [4.78, 5) is 18.0. The van der Waals surface area contributed by atoms with Gasteiger partial charge in [-0.05, 0) is 18.8 Å². The molecule has 1 aliphatic carbocycles. The molecule has 1 aromatic rings. The Balaban J connectivity index is 2.30. The Bertz CT molecular complexity index is 472. The van der Waals surface area contributed by atoms with Crippen LogP contribution in [0.2, 0.25) is 0 Å². The fraction of sp³-hybridized carbons (Fsp3) is 0.667. The summed E-state index contributed by atoms with van der Waals surface area (Å²) < 4.78 is 0. The molecule has 6 heteroatoms. The van der Waals surface area contributed by atoms with E-state index in [1.165, 1.54) is 12.7 Å². The summed E-state index contributed by atoms with van der Waals surface area (Å²) in [5.41, 5.74) is 11.3. The maximum Gasteiger partial charge on any atom is 0.276 e. The lowest BCUT2D eigenvalue weighted by molar-refractivity contribution is 0.235. The van der Waals surface area contributed by atoms with Crippen molar-refractivity contribution < 1.29 is 0 Å². The van der Waals surface area contributed by atoms with Crippen LogP contribution in [0.1, 0.15) is 32.6 Å². The third-order valence-electron chi connectivity index (χ3n) is 4.07. The maximum absolute atomic E-state index is 11.5. The summed E-state index contributed by atoms with van der Waals surface area (Å²) in [5, 5.41) is 3.32. The molecule has 0 saturated heterocycles. The molecule has 18 heavy (non-hydrogen) atoms. The van der Waals surface area contributed by atoms with Crippen LogP contribution in [0.5, 0.6) is 0 Å². The molecular formula is C12H21N5O. The third-order valence-corrected chi connectivity index (χ3v) is 4.07. The summed E-state index contributed by atoms with van der Waals surface area (Å²) in [6, 6.07) is 0. The van der Waals surface area contributed by atoms with E-state index in [1.54, 1.807) is 0 Å². The molecule has 1 heterocycles. The monoisotopic (exact) mass is 251 g/mol. The Kier molecular flexibility index (Phi) is 3.56. The van der Waals surface area contributed by atoms with E-state index in [-0.39, 0.29) is 16.8 Å². The van der Waals surface area contributed by atoms with Crippen LogP contribution in [-0.4, -0.2) is 22.1 Å². The predicted octanol–water partition coefficient (Wildman–Crippen LogP) is 0.672. The molecule has 100 valence electrons. The molecular weight excluding hydrogens is 230 g/mol. The minimum absolute atomic E-state index is 0.128. The van der Waals surface area contributed by atoms with Gasteiger partial charge in [0.2, 0.25) is 0 Å². The highest BCUT2D eigenvalue weighted by atomic mass is 16.1. The highest BCUT2D eigenvalue weighted by molar-refractivity contribution is 5.60. The van der Waals surface area contributed by atoms with Gasteiger partial charge < -0.3 is 21.8 Å². The van der Waals surface area contributed by atoms with Crippen LogP contribution in [0.15, 0.2) is 11.1 Å². The summed E-state index contributed by atoms with van der Waals surface area (Å²) in [7, 11) is 0. The number of H-pyrrole nitrogens is 1. The van der Waals surface area contributed by atoms with Gasteiger partial charge in [-0.2, -0.15) is 0 Å². The quantitative estimate of drug-likeness (QED) is 0.631. The first kappa shape index (κ1) is 12.9. The van der Waals surface area contributed by atoms with Crippen molar-refractivity contribution in [2.75, 3.05) is 17.6 Å². The zero-order valence-corrected chi connectivity index (χ0v) is 10.7. The Morgan fingerprint density at radius 2 is 2.39 bits per heavy atom. The van der Waals surface area contributed by atoms with Crippen molar-refractivity contribution in [1.29, 1.82) is 0 Å². The molecule has 2 rings (SSSR count).